The molecule has 1 aliphatic rings. The average molecular weight is 325 g/mol. The standard InChI is InChI=1S/C18H19N3O3/c1-2-3-11-20-17(15-9-4-5-10-16(15)18(20)22)19-13-7-6-8-14(12-13)21(23)24/h4-10,12,17,19H,2-3,11H2,1H3/t17-/m1/s1. The van der Waals surface area contributed by atoms with Gasteiger partial charge >= 0.3 is 0 Å². The molecule has 0 radical (unpaired) electrons. The van der Waals surface area contributed by atoms with Gasteiger partial charge in [-0.25, -0.2) is 0 Å². The molecular formula is C18H19N3O3. The molecule has 0 unspecified atom stereocenters. The Hall–Kier alpha value is -2.89. The van der Waals surface area contributed by atoms with E-state index in [4.69, 9.17) is 0 Å². The van der Waals surface area contributed by atoms with Crippen molar-refractivity contribution in [2.24, 2.45) is 0 Å². The summed E-state index contributed by atoms with van der Waals surface area (Å²) >= 11 is 0. The minimum Gasteiger partial charge on any atom is -0.361 e. The van der Waals surface area contributed by atoms with Gasteiger partial charge in [-0.1, -0.05) is 37.6 Å². The highest BCUT2D eigenvalue weighted by Gasteiger charge is 2.35. The Morgan fingerprint density at radius 2 is 2.00 bits per heavy atom. The lowest BCUT2D eigenvalue weighted by atomic mass is 10.1. The number of unbranched alkanes of at least 4 members (excludes halogenated alkanes) is 1. The summed E-state index contributed by atoms with van der Waals surface area (Å²) in [5.41, 5.74) is 2.25. The third-order valence-corrected chi connectivity index (χ3v) is 4.17. The van der Waals surface area contributed by atoms with Gasteiger partial charge in [-0.3, -0.25) is 14.9 Å². The SMILES string of the molecule is CCCCN1C(=O)c2ccccc2[C@@H]1Nc1cccc([N+](=O)[O-])c1. The van der Waals surface area contributed by atoms with Crippen LogP contribution >= 0.6 is 0 Å². The van der Waals surface area contributed by atoms with Crippen LogP contribution in [0, 0.1) is 10.1 Å². The molecule has 1 atom stereocenters. The number of rotatable bonds is 6. The Morgan fingerprint density at radius 1 is 1.21 bits per heavy atom. The molecule has 0 saturated heterocycles. The normalized spacial score (nSPS) is 16.1. The van der Waals surface area contributed by atoms with Gasteiger partial charge in [0.2, 0.25) is 0 Å². The zero-order valence-corrected chi connectivity index (χ0v) is 13.4. The number of nitrogens with zero attached hydrogens (tertiary/aromatic N) is 2. The van der Waals surface area contributed by atoms with Crippen molar-refractivity contribution in [3.8, 4) is 0 Å². The minimum absolute atomic E-state index is 0.00183. The Labute approximate surface area is 140 Å². The Kier molecular flexibility index (Phi) is 4.46. The maximum absolute atomic E-state index is 12.7. The molecule has 0 spiro atoms. The highest BCUT2D eigenvalue weighted by atomic mass is 16.6. The number of hydrogen-bond donors (Lipinski definition) is 1. The van der Waals surface area contributed by atoms with Gasteiger partial charge in [-0.15, -0.1) is 0 Å². The molecule has 6 heteroatoms. The number of anilines is 1. The van der Waals surface area contributed by atoms with Crippen molar-refractivity contribution in [2.45, 2.75) is 25.9 Å². The van der Waals surface area contributed by atoms with Crippen molar-refractivity contribution in [3.05, 3.63) is 69.8 Å². The van der Waals surface area contributed by atoms with E-state index in [1.165, 1.54) is 12.1 Å². The van der Waals surface area contributed by atoms with E-state index >= 15 is 0 Å². The summed E-state index contributed by atoms with van der Waals surface area (Å²) in [4.78, 5) is 25.0. The number of benzene rings is 2. The van der Waals surface area contributed by atoms with Crippen molar-refractivity contribution < 1.29 is 9.72 Å². The molecule has 2 aromatic rings. The number of carbonyl (C=O) groups excluding carboxylic acids is 1. The third kappa shape index (κ3) is 2.95. The third-order valence-electron chi connectivity index (χ3n) is 4.17. The molecule has 0 bridgehead atoms. The van der Waals surface area contributed by atoms with Gasteiger partial charge in [-0.2, -0.15) is 0 Å². The van der Waals surface area contributed by atoms with Crippen LogP contribution in [0.3, 0.4) is 0 Å². The van der Waals surface area contributed by atoms with E-state index in [-0.39, 0.29) is 17.8 Å². The minimum atomic E-state index is -0.423. The lowest BCUT2D eigenvalue weighted by Crippen LogP contribution is -2.33. The number of nitro benzene ring substituents is 1. The van der Waals surface area contributed by atoms with Gasteiger partial charge in [0.25, 0.3) is 11.6 Å². The maximum atomic E-state index is 12.7. The van der Waals surface area contributed by atoms with Crippen LogP contribution in [-0.2, 0) is 0 Å². The summed E-state index contributed by atoms with van der Waals surface area (Å²) in [6.07, 6.45) is 1.60. The molecule has 3 rings (SSSR count). The molecule has 124 valence electrons. The van der Waals surface area contributed by atoms with Gasteiger partial charge in [0, 0.05) is 35.5 Å². The number of amides is 1. The Balaban J connectivity index is 1.92. The quantitative estimate of drug-likeness (QED) is 0.644. The number of fused-ring (bicyclic) bond motifs is 1. The summed E-state index contributed by atoms with van der Waals surface area (Å²) in [5.74, 6) is 0.00183. The molecule has 2 aromatic carbocycles. The molecule has 1 amide bonds. The van der Waals surface area contributed by atoms with E-state index in [0.29, 0.717) is 17.8 Å². The second-order valence-corrected chi connectivity index (χ2v) is 5.79. The van der Waals surface area contributed by atoms with Crippen LogP contribution in [0.5, 0.6) is 0 Å². The predicted molar refractivity (Wildman–Crippen MR) is 91.8 cm³/mol. The van der Waals surface area contributed by atoms with E-state index in [0.717, 1.165) is 18.4 Å². The zero-order chi connectivity index (χ0) is 17.1. The second kappa shape index (κ2) is 6.70. The van der Waals surface area contributed by atoms with Gasteiger partial charge in [0.1, 0.15) is 6.17 Å². The maximum Gasteiger partial charge on any atom is 0.271 e. The summed E-state index contributed by atoms with van der Waals surface area (Å²) in [6, 6.07) is 13.9. The molecule has 1 N–H and O–H groups in total. The van der Waals surface area contributed by atoms with Crippen molar-refractivity contribution in [1.82, 2.24) is 4.90 Å². The van der Waals surface area contributed by atoms with Crippen LogP contribution in [0.25, 0.3) is 0 Å². The monoisotopic (exact) mass is 325 g/mol. The molecule has 0 aromatic heterocycles. The fourth-order valence-electron chi connectivity index (χ4n) is 2.95. The first-order valence-corrected chi connectivity index (χ1v) is 8.02. The summed E-state index contributed by atoms with van der Waals surface area (Å²) in [5, 5.41) is 14.2. The average Bonchev–Trinajstić information content (AvgIpc) is 2.86. The number of carbonyl (C=O) groups is 1. The lowest BCUT2D eigenvalue weighted by molar-refractivity contribution is -0.384. The van der Waals surface area contributed by atoms with Crippen LogP contribution in [-0.4, -0.2) is 22.3 Å². The lowest BCUT2D eigenvalue weighted by Gasteiger charge is -2.27. The van der Waals surface area contributed by atoms with Crippen molar-refractivity contribution >= 4 is 17.3 Å². The predicted octanol–water partition coefficient (Wildman–Crippen LogP) is 3.96. The molecule has 0 saturated carbocycles. The topological polar surface area (TPSA) is 75.5 Å². The zero-order valence-electron chi connectivity index (χ0n) is 13.4. The number of nitro groups is 1. The fraction of sp³-hybridized carbons (Fsp3) is 0.278. The fourth-order valence-corrected chi connectivity index (χ4v) is 2.95. The Morgan fingerprint density at radius 3 is 2.75 bits per heavy atom. The van der Waals surface area contributed by atoms with E-state index in [2.05, 4.69) is 12.2 Å². The van der Waals surface area contributed by atoms with Crippen molar-refractivity contribution in [1.29, 1.82) is 0 Å². The number of nitrogens with one attached hydrogen (secondary N) is 1. The van der Waals surface area contributed by atoms with Gasteiger partial charge in [0.05, 0.1) is 4.92 Å². The first-order chi connectivity index (χ1) is 11.6. The first kappa shape index (κ1) is 16.0. The second-order valence-electron chi connectivity index (χ2n) is 5.79. The van der Waals surface area contributed by atoms with Crippen LogP contribution in [0.4, 0.5) is 11.4 Å². The Bertz CT molecular complexity index is 776. The first-order valence-electron chi connectivity index (χ1n) is 8.02. The summed E-state index contributed by atoms with van der Waals surface area (Å²) in [7, 11) is 0. The smallest absolute Gasteiger partial charge is 0.271 e. The van der Waals surface area contributed by atoms with E-state index in [1.807, 2.05) is 24.3 Å². The van der Waals surface area contributed by atoms with Crippen LogP contribution in [0.15, 0.2) is 48.5 Å². The molecular weight excluding hydrogens is 306 g/mol. The van der Waals surface area contributed by atoms with E-state index < -0.39 is 4.92 Å². The molecule has 1 aliphatic heterocycles. The molecule has 1 heterocycles. The number of non-ortho nitro benzene ring substituents is 1. The van der Waals surface area contributed by atoms with Gasteiger partial charge in [0.15, 0.2) is 0 Å². The van der Waals surface area contributed by atoms with Crippen LogP contribution in [0.2, 0.25) is 0 Å². The molecule has 6 nitrogen and oxygen atoms in total. The van der Waals surface area contributed by atoms with Crippen LogP contribution < -0.4 is 5.32 Å². The highest BCUT2D eigenvalue weighted by Crippen LogP contribution is 2.35. The highest BCUT2D eigenvalue weighted by molar-refractivity contribution is 5.99. The van der Waals surface area contributed by atoms with E-state index in [1.54, 1.807) is 17.0 Å². The van der Waals surface area contributed by atoms with Gasteiger partial charge in [-0.05, 0) is 18.6 Å². The largest absolute Gasteiger partial charge is 0.361 e. The van der Waals surface area contributed by atoms with Gasteiger partial charge < -0.3 is 10.2 Å². The molecule has 24 heavy (non-hydrogen) atoms. The van der Waals surface area contributed by atoms with Crippen molar-refractivity contribution in [2.75, 3.05) is 11.9 Å². The summed E-state index contributed by atoms with van der Waals surface area (Å²) < 4.78 is 0. The molecule has 0 aliphatic carbocycles. The van der Waals surface area contributed by atoms with Crippen LogP contribution in [0.1, 0.15) is 41.9 Å². The van der Waals surface area contributed by atoms with Crippen molar-refractivity contribution in [3.63, 3.8) is 0 Å². The summed E-state index contributed by atoms with van der Waals surface area (Å²) in [6.45, 7) is 2.73. The molecule has 0 fully saturated rings. The van der Waals surface area contributed by atoms with E-state index in [9.17, 15) is 14.9 Å². The number of hydrogen-bond acceptors (Lipinski definition) is 4.